The normalized spacial score (nSPS) is 12.1. The van der Waals surface area contributed by atoms with Crippen LogP contribution in [-0.2, 0) is 0 Å². The van der Waals surface area contributed by atoms with Gasteiger partial charge in [-0.05, 0) is 25.5 Å². The summed E-state index contributed by atoms with van der Waals surface area (Å²) in [7, 11) is 0. The molecule has 1 aromatic carbocycles. The van der Waals surface area contributed by atoms with Crippen molar-refractivity contribution < 1.29 is 0 Å². The molecule has 0 fully saturated rings. The largest absolute Gasteiger partial charge is 0.315 e. The molecule has 14 heavy (non-hydrogen) atoms. The summed E-state index contributed by atoms with van der Waals surface area (Å²) < 4.78 is 0. The zero-order valence-corrected chi connectivity index (χ0v) is 9.27. The van der Waals surface area contributed by atoms with Crippen molar-refractivity contribution in [3.8, 4) is 6.07 Å². The third kappa shape index (κ3) is 3.06. The predicted molar refractivity (Wildman–Crippen MR) is 60.2 cm³/mol. The van der Waals surface area contributed by atoms with Crippen molar-refractivity contribution in [2.75, 3.05) is 5.75 Å². The molecule has 3 heteroatoms. The van der Waals surface area contributed by atoms with Gasteiger partial charge < -0.3 is 5.73 Å². The molecule has 0 saturated heterocycles. The van der Waals surface area contributed by atoms with E-state index in [9.17, 15) is 0 Å². The fourth-order valence-electron chi connectivity index (χ4n) is 1.18. The number of nitrogens with two attached hydrogens (primary N) is 1. The molecule has 2 N–H and O–H groups in total. The molecule has 0 aliphatic carbocycles. The van der Waals surface area contributed by atoms with E-state index in [4.69, 9.17) is 11.0 Å². The summed E-state index contributed by atoms with van der Waals surface area (Å²) in [6, 6.07) is 7.95. The SMILES string of the molecule is Cc1ccc(SCC(N)C#N)c(C)c1. The van der Waals surface area contributed by atoms with Crippen molar-refractivity contribution >= 4 is 11.8 Å². The summed E-state index contributed by atoms with van der Waals surface area (Å²) in [6.45, 7) is 4.15. The Hall–Kier alpha value is -0.980. The zero-order valence-electron chi connectivity index (χ0n) is 8.45. The first-order valence-electron chi connectivity index (χ1n) is 4.48. The maximum absolute atomic E-state index is 8.54. The quantitative estimate of drug-likeness (QED) is 0.772. The van der Waals surface area contributed by atoms with Crippen molar-refractivity contribution in [1.82, 2.24) is 0 Å². The maximum atomic E-state index is 8.54. The highest BCUT2D eigenvalue weighted by Crippen LogP contribution is 2.23. The van der Waals surface area contributed by atoms with Gasteiger partial charge in [0.05, 0.1) is 6.07 Å². The maximum Gasteiger partial charge on any atom is 0.102 e. The van der Waals surface area contributed by atoms with Crippen LogP contribution < -0.4 is 5.73 Å². The molecular formula is C11H14N2S. The molecule has 1 aromatic rings. The van der Waals surface area contributed by atoms with Gasteiger partial charge in [-0.2, -0.15) is 5.26 Å². The Bertz CT molecular complexity index is 355. The number of aryl methyl sites for hydroxylation is 2. The molecule has 0 saturated carbocycles. The van der Waals surface area contributed by atoms with E-state index in [0.717, 1.165) is 0 Å². The van der Waals surface area contributed by atoms with E-state index in [1.165, 1.54) is 16.0 Å². The van der Waals surface area contributed by atoms with E-state index in [1.807, 2.05) is 6.07 Å². The second-order valence-electron chi connectivity index (χ2n) is 3.32. The number of rotatable bonds is 3. The number of nitrogens with zero attached hydrogens (tertiary/aromatic N) is 1. The summed E-state index contributed by atoms with van der Waals surface area (Å²) in [5.41, 5.74) is 8.03. The van der Waals surface area contributed by atoms with Gasteiger partial charge in [-0.15, -0.1) is 11.8 Å². The molecule has 0 aliphatic heterocycles. The molecular weight excluding hydrogens is 192 g/mol. The summed E-state index contributed by atoms with van der Waals surface area (Å²) >= 11 is 1.64. The van der Waals surface area contributed by atoms with Gasteiger partial charge in [0.25, 0.3) is 0 Å². The standard InChI is InChI=1S/C11H14N2S/c1-8-3-4-11(9(2)5-8)14-7-10(13)6-12/h3-5,10H,7,13H2,1-2H3. The van der Waals surface area contributed by atoms with Crippen LogP contribution in [0.3, 0.4) is 0 Å². The van der Waals surface area contributed by atoms with Gasteiger partial charge in [-0.25, -0.2) is 0 Å². The minimum Gasteiger partial charge on any atom is -0.315 e. The summed E-state index contributed by atoms with van der Waals surface area (Å²) in [5, 5.41) is 8.54. The van der Waals surface area contributed by atoms with Crippen molar-refractivity contribution in [2.45, 2.75) is 24.8 Å². The van der Waals surface area contributed by atoms with Gasteiger partial charge in [0, 0.05) is 10.6 Å². The summed E-state index contributed by atoms with van der Waals surface area (Å²) in [5.74, 6) is 0.653. The number of benzene rings is 1. The van der Waals surface area contributed by atoms with E-state index in [0.29, 0.717) is 5.75 Å². The van der Waals surface area contributed by atoms with Crippen LogP contribution in [0.5, 0.6) is 0 Å². The first kappa shape index (κ1) is 11.1. The minimum atomic E-state index is -0.374. The van der Waals surface area contributed by atoms with Crippen molar-refractivity contribution in [1.29, 1.82) is 5.26 Å². The minimum absolute atomic E-state index is 0.374. The van der Waals surface area contributed by atoms with Gasteiger partial charge in [-0.3, -0.25) is 0 Å². The molecule has 0 amide bonds. The summed E-state index contributed by atoms with van der Waals surface area (Å²) in [4.78, 5) is 1.21. The van der Waals surface area contributed by atoms with Crippen LogP contribution in [0.1, 0.15) is 11.1 Å². The van der Waals surface area contributed by atoms with Gasteiger partial charge >= 0.3 is 0 Å². The Morgan fingerprint density at radius 1 is 1.50 bits per heavy atom. The Labute approximate surface area is 89.1 Å². The van der Waals surface area contributed by atoms with Gasteiger partial charge in [-0.1, -0.05) is 17.7 Å². The smallest absolute Gasteiger partial charge is 0.102 e. The Kier molecular flexibility index (Phi) is 3.99. The van der Waals surface area contributed by atoms with Crippen molar-refractivity contribution in [3.05, 3.63) is 29.3 Å². The number of hydrogen-bond acceptors (Lipinski definition) is 3. The fraction of sp³-hybridized carbons (Fsp3) is 0.364. The third-order valence-electron chi connectivity index (χ3n) is 1.91. The predicted octanol–water partition coefficient (Wildman–Crippen LogP) is 2.25. The van der Waals surface area contributed by atoms with Crippen LogP contribution in [0.15, 0.2) is 23.1 Å². The van der Waals surface area contributed by atoms with Crippen molar-refractivity contribution in [2.24, 2.45) is 5.73 Å². The molecule has 0 radical (unpaired) electrons. The Morgan fingerprint density at radius 3 is 2.79 bits per heavy atom. The molecule has 0 heterocycles. The molecule has 1 unspecified atom stereocenters. The lowest BCUT2D eigenvalue weighted by molar-refractivity contribution is 0.953. The summed E-state index contributed by atoms with van der Waals surface area (Å²) in [6.07, 6.45) is 0. The second kappa shape index (κ2) is 5.04. The monoisotopic (exact) mass is 206 g/mol. The molecule has 0 aromatic heterocycles. The first-order chi connectivity index (χ1) is 6.63. The van der Waals surface area contributed by atoms with E-state index in [2.05, 4.69) is 32.0 Å². The lowest BCUT2D eigenvalue weighted by atomic mass is 10.2. The van der Waals surface area contributed by atoms with Crippen LogP contribution in [0.2, 0.25) is 0 Å². The lowest BCUT2D eigenvalue weighted by Gasteiger charge is -2.06. The van der Waals surface area contributed by atoms with Crippen LogP contribution >= 0.6 is 11.8 Å². The molecule has 0 bridgehead atoms. The molecule has 1 atom stereocenters. The lowest BCUT2D eigenvalue weighted by Crippen LogP contribution is -2.19. The van der Waals surface area contributed by atoms with E-state index in [1.54, 1.807) is 11.8 Å². The van der Waals surface area contributed by atoms with Crippen LogP contribution in [-0.4, -0.2) is 11.8 Å². The van der Waals surface area contributed by atoms with E-state index in [-0.39, 0.29) is 6.04 Å². The third-order valence-corrected chi connectivity index (χ3v) is 3.21. The highest BCUT2D eigenvalue weighted by atomic mass is 32.2. The first-order valence-corrected chi connectivity index (χ1v) is 5.47. The Balaban J connectivity index is 2.64. The van der Waals surface area contributed by atoms with Crippen LogP contribution in [0.25, 0.3) is 0 Å². The zero-order chi connectivity index (χ0) is 10.6. The number of hydrogen-bond donors (Lipinski definition) is 1. The number of nitriles is 1. The van der Waals surface area contributed by atoms with E-state index >= 15 is 0 Å². The average molecular weight is 206 g/mol. The second-order valence-corrected chi connectivity index (χ2v) is 4.38. The molecule has 2 nitrogen and oxygen atoms in total. The van der Waals surface area contributed by atoms with Gasteiger partial charge in [0.2, 0.25) is 0 Å². The van der Waals surface area contributed by atoms with E-state index < -0.39 is 0 Å². The number of thioether (sulfide) groups is 1. The van der Waals surface area contributed by atoms with Crippen molar-refractivity contribution in [3.63, 3.8) is 0 Å². The van der Waals surface area contributed by atoms with Gasteiger partial charge in [0.15, 0.2) is 0 Å². The highest BCUT2D eigenvalue weighted by Gasteiger charge is 2.03. The molecule has 74 valence electrons. The van der Waals surface area contributed by atoms with Crippen LogP contribution in [0.4, 0.5) is 0 Å². The molecule has 1 rings (SSSR count). The Morgan fingerprint density at radius 2 is 2.21 bits per heavy atom. The topological polar surface area (TPSA) is 49.8 Å². The van der Waals surface area contributed by atoms with Gasteiger partial charge in [0.1, 0.15) is 6.04 Å². The fourth-order valence-corrected chi connectivity index (χ4v) is 2.06. The average Bonchev–Trinajstić information content (AvgIpc) is 2.16. The molecule has 0 aliphatic rings. The van der Waals surface area contributed by atoms with Crippen LogP contribution in [0, 0.1) is 25.2 Å². The molecule has 0 spiro atoms. The highest BCUT2D eigenvalue weighted by molar-refractivity contribution is 7.99.